The van der Waals surface area contributed by atoms with E-state index in [1.807, 2.05) is 34.6 Å². The van der Waals surface area contributed by atoms with Crippen LogP contribution in [-0.4, -0.2) is 61.1 Å². The van der Waals surface area contributed by atoms with Gasteiger partial charge in [0.25, 0.3) is 5.97 Å². The molecule has 0 aromatic rings. The molecule has 0 heterocycles. The minimum absolute atomic E-state index is 0.121. The highest BCUT2D eigenvalue weighted by Gasteiger charge is 2.56. The van der Waals surface area contributed by atoms with Crippen molar-refractivity contribution in [3.8, 4) is 0 Å². The smallest absolute Gasteiger partial charge is 0.351 e. The van der Waals surface area contributed by atoms with Gasteiger partial charge in [0, 0.05) is 39.0 Å². The van der Waals surface area contributed by atoms with Gasteiger partial charge in [-0.1, -0.05) is 0 Å². The van der Waals surface area contributed by atoms with Crippen LogP contribution in [0, 0.1) is 5.92 Å². The van der Waals surface area contributed by atoms with E-state index in [0.29, 0.717) is 52.5 Å². The normalized spacial score (nSPS) is 14.0. The quantitative estimate of drug-likeness (QED) is 0.267. The predicted molar refractivity (Wildman–Crippen MR) is 103 cm³/mol. The zero-order chi connectivity index (χ0) is 19.9. The van der Waals surface area contributed by atoms with E-state index in [1.165, 1.54) is 0 Å². The predicted octanol–water partition coefficient (Wildman–Crippen LogP) is 1.98. The molecule has 8 nitrogen and oxygen atoms in total. The number of nitrogens with two attached hydrogens (primary N) is 2. The summed E-state index contributed by atoms with van der Waals surface area (Å²) in [6.45, 7) is 12.4. The third-order valence-corrected chi connectivity index (χ3v) is 6.15. The van der Waals surface area contributed by atoms with Gasteiger partial charge in [0.05, 0.1) is 0 Å². The molecule has 0 spiro atoms. The maximum absolute atomic E-state index is 6.37. The maximum Gasteiger partial charge on any atom is 0.683 e. The highest BCUT2D eigenvalue weighted by atomic mass is 28.4. The summed E-state index contributed by atoms with van der Waals surface area (Å²) >= 11 is 0. The third-order valence-electron chi connectivity index (χ3n) is 3.69. The number of hydrogen-bond donors (Lipinski definition) is 2. The van der Waals surface area contributed by atoms with E-state index in [-0.39, 0.29) is 5.92 Å². The van der Waals surface area contributed by atoms with Crippen LogP contribution in [0.25, 0.3) is 0 Å². The second-order valence-electron chi connectivity index (χ2n) is 5.58. The first-order valence-corrected chi connectivity index (χ1v) is 11.5. The monoisotopic (exact) mass is 396 g/mol. The van der Waals surface area contributed by atoms with Crippen LogP contribution >= 0.6 is 0 Å². The fourth-order valence-electron chi connectivity index (χ4n) is 2.80. The zero-order valence-corrected chi connectivity index (χ0v) is 18.3. The third kappa shape index (κ3) is 8.28. The summed E-state index contributed by atoms with van der Waals surface area (Å²) < 4.78 is 36.0. The van der Waals surface area contributed by atoms with Crippen molar-refractivity contribution in [2.24, 2.45) is 17.4 Å². The SMILES string of the molecule is CCOC(OCC)(O[Si](OCC)(OCC)OCC)C(CCN)CCCN. The molecule has 26 heavy (non-hydrogen) atoms. The van der Waals surface area contributed by atoms with Crippen molar-refractivity contribution in [3.05, 3.63) is 0 Å². The zero-order valence-electron chi connectivity index (χ0n) is 17.3. The van der Waals surface area contributed by atoms with Crippen LogP contribution in [0.2, 0.25) is 0 Å². The van der Waals surface area contributed by atoms with Gasteiger partial charge in [-0.05, 0) is 67.0 Å². The summed E-state index contributed by atoms with van der Waals surface area (Å²) in [7, 11) is -3.46. The van der Waals surface area contributed by atoms with Gasteiger partial charge in [-0.3, -0.25) is 4.43 Å². The van der Waals surface area contributed by atoms with Crippen molar-refractivity contribution in [1.82, 2.24) is 0 Å². The average Bonchev–Trinajstić information content (AvgIpc) is 2.59. The molecule has 0 aliphatic heterocycles. The number of hydrogen-bond acceptors (Lipinski definition) is 8. The van der Waals surface area contributed by atoms with Gasteiger partial charge in [-0.2, -0.15) is 0 Å². The molecule has 9 heteroatoms. The van der Waals surface area contributed by atoms with E-state index < -0.39 is 15.0 Å². The van der Waals surface area contributed by atoms with Gasteiger partial charge in [-0.15, -0.1) is 0 Å². The Bertz CT molecular complexity index is 315. The Balaban J connectivity index is 5.88. The molecule has 0 fully saturated rings. The van der Waals surface area contributed by atoms with Crippen LogP contribution in [0.3, 0.4) is 0 Å². The highest BCUT2D eigenvalue weighted by molar-refractivity contribution is 6.53. The molecule has 0 saturated heterocycles. The van der Waals surface area contributed by atoms with Crippen LogP contribution in [0.1, 0.15) is 53.9 Å². The van der Waals surface area contributed by atoms with Crippen molar-refractivity contribution in [1.29, 1.82) is 0 Å². The lowest BCUT2D eigenvalue weighted by Gasteiger charge is -2.43. The molecule has 0 aromatic heterocycles. The number of ether oxygens (including phenoxy) is 2. The molecule has 0 aromatic carbocycles. The Morgan fingerprint density at radius 2 is 1.23 bits per heavy atom. The first-order valence-electron chi connectivity index (χ1n) is 9.83. The lowest BCUT2D eigenvalue weighted by atomic mass is 9.96. The fourth-order valence-corrected chi connectivity index (χ4v) is 4.92. The molecule has 0 amide bonds. The lowest BCUT2D eigenvalue weighted by molar-refractivity contribution is -0.389. The summed E-state index contributed by atoms with van der Waals surface area (Å²) in [6.07, 6.45) is 2.22. The Kier molecular flexibility index (Phi) is 14.8. The molecule has 4 N–H and O–H groups in total. The highest BCUT2D eigenvalue weighted by Crippen LogP contribution is 2.35. The second-order valence-corrected chi connectivity index (χ2v) is 7.65. The minimum Gasteiger partial charge on any atom is -0.351 e. The van der Waals surface area contributed by atoms with Crippen molar-refractivity contribution in [2.45, 2.75) is 59.9 Å². The minimum atomic E-state index is -3.46. The molecule has 0 radical (unpaired) electrons. The van der Waals surface area contributed by atoms with Crippen LogP contribution in [0.5, 0.6) is 0 Å². The molecule has 158 valence electrons. The Morgan fingerprint density at radius 3 is 1.58 bits per heavy atom. The van der Waals surface area contributed by atoms with Crippen LogP contribution in [0.15, 0.2) is 0 Å². The van der Waals surface area contributed by atoms with Gasteiger partial charge in [0.15, 0.2) is 0 Å². The molecule has 0 aliphatic carbocycles. The van der Waals surface area contributed by atoms with Gasteiger partial charge in [-0.25, -0.2) is 0 Å². The van der Waals surface area contributed by atoms with Gasteiger partial charge >= 0.3 is 9.05 Å². The first kappa shape index (κ1) is 25.9. The molecule has 0 rings (SSSR count). The average molecular weight is 397 g/mol. The van der Waals surface area contributed by atoms with E-state index >= 15 is 0 Å². The molecule has 1 unspecified atom stereocenters. The maximum atomic E-state index is 6.37. The topological polar surface area (TPSA) is 107 Å². The van der Waals surface area contributed by atoms with Crippen LogP contribution in [0.4, 0.5) is 0 Å². The van der Waals surface area contributed by atoms with Crippen molar-refractivity contribution >= 4 is 9.05 Å². The van der Waals surface area contributed by atoms with Gasteiger partial charge < -0.3 is 34.2 Å². The van der Waals surface area contributed by atoms with Gasteiger partial charge in [0.1, 0.15) is 0 Å². The van der Waals surface area contributed by atoms with Crippen molar-refractivity contribution in [2.75, 3.05) is 46.1 Å². The largest absolute Gasteiger partial charge is 0.683 e. The Labute approximate surface area is 160 Å². The van der Waals surface area contributed by atoms with Gasteiger partial charge in [0.2, 0.25) is 0 Å². The van der Waals surface area contributed by atoms with E-state index in [2.05, 4.69) is 0 Å². The summed E-state index contributed by atoms with van der Waals surface area (Å²) in [5, 5.41) is 0. The molecule has 0 saturated carbocycles. The van der Waals surface area contributed by atoms with E-state index in [4.69, 9.17) is 38.6 Å². The Morgan fingerprint density at radius 1 is 0.731 bits per heavy atom. The number of rotatable bonds is 18. The van der Waals surface area contributed by atoms with Crippen LogP contribution in [-0.2, 0) is 27.2 Å². The summed E-state index contributed by atoms with van der Waals surface area (Å²) in [6, 6.07) is 0. The lowest BCUT2D eigenvalue weighted by Crippen LogP contribution is -2.60. The van der Waals surface area contributed by atoms with E-state index in [9.17, 15) is 0 Å². The van der Waals surface area contributed by atoms with Crippen molar-refractivity contribution in [3.63, 3.8) is 0 Å². The summed E-state index contributed by atoms with van der Waals surface area (Å²) in [5.74, 6) is -1.46. The summed E-state index contributed by atoms with van der Waals surface area (Å²) in [5.41, 5.74) is 11.6. The molecular weight excluding hydrogens is 356 g/mol. The molecular formula is C17H40N2O6Si. The standard InChI is InChI=1S/C17H40N2O6Si/c1-6-20-17(21-7-2,16(13-15-19)12-11-14-18)25-26(22-8-3,23-9-4)24-10-5/h16H,6-15,18-19H2,1-5H3. The molecule has 0 aliphatic rings. The molecule has 1 atom stereocenters. The summed E-state index contributed by atoms with van der Waals surface area (Å²) in [4.78, 5) is 0. The first-order chi connectivity index (χ1) is 12.5. The van der Waals surface area contributed by atoms with E-state index in [0.717, 1.165) is 12.8 Å². The fraction of sp³-hybridized carbons (Fsp3) is 1.00. The van der Waals surface area contributed by atoms with Crippen molar-refractivity contribution < 1.29 is 27.2 Å². The Hall–Kier alpha value is -0.103. The molecule has 0 bridgehead atoms. The van der Waals surface area contributed by atoms with E-state index in [1.54, 1.807) is 0 Å². The second kappa shape index (κ2) is 14.9. The van der Waals surface area contributed by atoms with Crippen LogP contribution < -0.4 is 11.5 Å².